The van der Waals surface area contributed by atoms with Gasteiger partial charge in [-0.3, -0.25) is 9.78 Å². The first-order chi connectivity index (χ1) is 8.72. The maximum atomic E-state index is 12.4. The average Bonchev–Trinajstić information content (AvgIpc) is 2.39. The second-order valence-corrected chi connectivity index (χ2v) is 4.69. The van der Waals surface area contributed by atoms with E-state index in [-0.39, 0.29) is 5.91 Å². The standard InChI is InChI=1S/C14H20N2O2/c1-3-18-13-8-12(9-15-10-13)14(17)16-7-5-4-6-11(16)2/h8-11H,3-7H2,1-2H3/t11-/m0/s1. The van der Waals surface area contributed by atoms with Crippen LogP contribution >= 0.6 is 0 Å². The van der Waals surface area contributed by atoms with E-state index in [9.17, 15) is 4.79 Å². The Bertz CT molecular complexity index is 420. The summed E-state index contributed by atoms with van der Waals surface area (Å²) in [6.07, 6.45) is 6.65. The third-order valence-corrected chi connectivity index (χ3v) is 3.33. The molecule has 18 heavy (non-hydrogen) atoms. The molecule has 0 bridgehead atoms. The minimum absolute atomic E-state index is 0.0660. The lowest BCUT2D eigenvalue weighted by atomic mass is 10.0. The topological polar surface area (TPSA) is 42.4 Å². The molecule has 1 fully saturated rings. The van der Waals surface area contributed by atoms with Gasteiger partial charge in [0.1, 0.15) is 5.75 Å². The van der Waals surface area contributed by atoms with Gasteiger partial charge in [-0.05, 0) is 39.2 Å². The summed E-state index contributed by atoms with van der Waals surface area (Å²) >= 11 is 0. The Balaban J connectivity index is 2.14. The highest BCUT2D eigenvalue weighted by Gasteiger charge is 2.24. The van der Waals surface area contributed by atoms with Crippen LogP contribution in [0.4, 0.5) is 0 Å². The van der Waals surface area contributed by atoms with Gasteiger partial charge >= 0.3 is 0 Å². The van der Waals surface area contributed by atoms with E-state index >= 15 is 0 Å². The van der Waals surface area contributed by atoms with Crippen molar-refractivity contribution < 1.29 is 9.53 Å². The number of ether oxygens (including phenoxy) is 1. The molecule has 0 aliphatic carbocycles. The van der Waals surface area contributed by atoms with E-state index in [0.717, 1.165) is 19.4 Å². The number of amides is 1. The quantitative estimate of drug-likeness (QED) is 0.825. The van der Waals surface area contributed by atoms with Crippen LogP contribution in [0.5, 0.6) is 5.75 Å². The van der Waals surface area contributed by atoms with E-state index in [0.29, 0.717) is 24.0 Å². The summed E-state index contributed by atoms with van der Waals surface area (Å²) in [5.41, 5.74) is 0.620. The second-order valence-electron chi connectivity index (χ2n) is 4.69. The maximum absolute atomic E-state index is 12.4. The summed E-state index contributed by atoms with van der Waals surface area (Å²) in [6, 6.07) is 2.10. The molecule has 1 aliphatic heterocycles. The van der Waals surface area contributed by atoms with Crippen molar-refractivity contribution in [3.05, 3.63) is 24.0 Å². The average molecular weight is 248 g/mol. The number of likely N-dealkylation sites (tertiary alicyclic amines) is 1. The number of carbonyl (C=O) groups excluding carboxylic acids is 1. The molecule has 4 heteroatoms. The number of rotatable bonds is 3. The van der Waals surface area contributed by atoms with Gasteiger partial charge in [0, 0.05) is 18.8 Å². The van der Waals surface area contributed by atoms with Gasteiger partial charge in [-0.15, -0.1) is 0 Å². The van der Waals surface area contributed by atoms with Crippen LogP contribution in [0.2, 0.25) is 0 Å². The molecule has 2 rings (SSSR count). The number of hydrogen-bond donors (Lipinski definition) is 0. The van der Waals surface area contributed by atoms with Gasteiger partial charge in [-0.25, -0.2) is 0 Å². The first-order valence-corrected chi connectivity index (χ1v) is 6.61. The number of carbonyl (C=O) groups is 1. The molecule has 1 aromatic rings. The van der Waals surface area contributed by atoms with Crippen LogP contribution in [0, 0.1) is 0 Å². The van der Waals surface area contributed by atoms with E-state index in [1.54, 1.807) is 18.5 Å². The van der Waals surface area contributed by atoms with Crippen LogP contribution in [0.1, 0.15) is 43.5 Å². The predicted octanol–water partition coefficient (Wildman–Crippen LogP) is 2.49. The van der Waals surface area contributed by atoms with Crippen LogP contribution < -0.4 is 4.74 Å². The van der Waals surface area contributed by atoms with Crippen molar-refractivity contribution >= 4 is 5.91 Å². The third kappa shape index (κ3) is 2.81. The van der Waals surface area contributed by atoms with Crippen LogP contribution in [-0.4, -0.2) is 35.0 Å². The fourth-order valence-electron chi connectivity index (χ4n) is 2.35. The van der Waals surface area contributed by atoms with Gasteiger partial charge in [-0.2, -0.15) is 0 Å². The van der Waals surface area contributed by atoms with Crippen LogP contribution in [0.25, 0.3) is 0 Å². The summed E-state index contributed by atoms with van der Waals surface area (Å²) in [6.45, 7) is 5.45. The molecule has 0 aromatic carbocycles. The molecular formula is C14H20N2O2. The third-order valence-electron chi connectivity index (χ3n) is 3.33. The van der Waals surface area contributed by atoms with E-state index in [2.05, 4.69) is 11.9 Å². The minimum atomic E-state index is 0.0660. The minimum Gasteiger partial charge on any atom is -0.492 e. The van der Waals surface area contributed by atoms with Gasteiger partial charge < -0.3 is 9.64 Å². The van der Waals surface area contributed by atoms with Crippen molar-refractivity contribution in [1.82, 2.24) is 9.88 Å². The molecule has 1 amide bonds. The lowest BCUT2D eigenvalue weighted by Crippen LogP contribution is -2.42. The first kappa shape index (κ1) is 12.9. The monoisotopic (exact) mass is 248 g/mol. The summed E-state index contributed by atoms with van der Waals surface area (Å²) in [5.74, 6) is 0.726. The predicted molar refractivity (Wildman–Crippen MR) is 69.8 cm³/mol. The highest BCUT2D eigenvalue weighted by molar-refractivity contribution is 5.94. The normalized spacial score (nSPS) is 19.7. The van der Waals surface area contributed by atoms with Crippen molar-refractivity contribution in [2.24, 2.45) is 0 Å². The molecule has 0 N–H and O–H groups in total. The molecule has 1 atom stereocenters. The van der Waals surface area contributed by atoms with Gasteiger partial charge in [0.25, 0.3) is 5.91 Å². The van der Waals surface area contributed by atoms with Crippen molar-refractivity contribution in [1.29, 1.82) is 0 Å². The number of piperidine rings is 1. The Kier molecular flexibility index (Phi) is 4.18. The zero-order valence-corrected chi connectivity index (χ0v) is 11.1. The van der Waals surface area contributed by atoms with Gasteiger partial charge in [0.2, 0.25) is 0 Å². The van der Waals surface area contributed by atoms with Gasteiger partial charge in [0.05, 0.1) is 18.4 Å². The molecule has 0 saturated carbocycles. The van der Waals surface area contributed by atoms with E-state index < -0.39 is 0 Å². The van der Waals surface area contributed by atoms with Crippen molar-refractivity contribution in [2.45, 2.75) is 39.2 Å². The first-order valence-electron chi connectivity index (χ1n) is 6.61. The molecule has 0 radical (unpaired) electrons. The highest BCUT2D eigenvalue weighted by Crippen LogP contribution is 2.20. The number of pyridine rings is 1. The maximum Gasteiger partial charge on any atom is 0.255 e. The Morgan fingerprint density at radius 2 is 2.33 bits per heavy atom. The van der Waals surface area contributed by atoms with Gasteiger partial charge in [-0.1, -0.05) is 0 Å². The summed E-state index contributed by atoms with van der Waals surface area (Å²) in [7, 11) is 0. The molecule has 1 saturated heterocycles. The van der Waals surface area contributed by atoms with E-state index in [1.165, 1.54) is 6.42 Å². The van der Waals surface area contributed by atoms with Crippen molar-refractivity contribution in [2.75, 3.05) is 13.2 Å². The van der Waals surface area contributed by atoms with Gasteiger partial charge in [0.15, 0.2) is 0 Å². The fourth-order valence-corrected chi connectivity index (χ4v) is 2.35. The van der Waals surface area contributed by atoms with Crippen molar-refractivity contribution in [3.8, 4) is 5.75 Å². The van der Waals surface area contributed by atoms with Crippen LogP contribution in [-0.2, 0) is 0 Å². The summed E-state index contributed by atoms with van der Waals surface area (Å²) in [4.78, 5) is 18.4. The fraction of sp³-hybridized carbons (Fsp3) is 0.571. The summed E-state index contributed by atoms with van der Waals surface area (Å²) in [5, 5.41) is 0. The zero-order chi connectivity index (χ0) is 13.0. The van der Waals surface area contributed by atoms with Crippen LogP contribution in [0.3, 0.4) is 0 Å². The number of hydrogen-bond acceptors (Lipinski definition) is 3. The van der Waals surface area contributed by atoms with Crippen molar-refractivity contribution in [3.63, 3.8) is 0 Å². The Morgan fingerprint density at radius 1 is 1.50 bits per heavy atom. The van der Waals surface area contributed by atoms with E-state index in [4.69, 9.17) is 4.74 Å². The Labute approximate surface area is 108 Å². The lowest BCUT2D eigenvalue weighted by molar-refractivity contribution is 0.0634. The molecule has 2 heterocycles. The molecule has 4 nitrogen and oxygen atoms in total. The number of nitrogens with zero attached hydrogens (tertiary/aromatic N) is 2. The summed E-state index contributed by atoms with van der Waals surface area (Å²) < 4.78 is 5.38. The number of aromatic nitrogens is 1. The Hall–Kier alpha value is -1.58. The molecule has 1 aliphatic rings. The zero-order valence-electron chi connectivity index (χ0n) is 11.1. The molecule has 0 spiro atoms. The second kappa shape index (κ2) is 5.85. The SMILES string of the molecule is CCOc1cncc(C(=O)N2CCCC[C@@H]2C)c1. The van der Waals surface area contributed by atoms with Crippen LogP contribution in [0.15, 0.2) is 18.5 Å². The van der Waals surface area contributed by atoms with E-state index in [1.807, 2.05) is 11.8 Å². The molecule has 1 aromatic heterocycles. The molecular weight excluding hydrogens is 228 g/mol. The Morgan fingerprint density at radius 3 is 3.06 bits per heavy atom. The highest BCUT2D eigenvalue weighted by atomic mass is 16.5. The molecule has 98 valence electrons. The smallest absolute Gasteiger partial charge is 0.255 e. The molecule has 0 unspecified atom stereocenters. The lowest BCUT2D eigenvalue weighted by Gasteiger charge is -2.33. The largest absolute Gasteiger partial charge is 0.492 e.